The average Bonchev–Trinajstić information content (AvgIpc) is 2.62. The number of ether oxygens (including phenoxy) is 1. The molecule has 1 amide bonds. The number of nitrogens with one attached hydrogen (secondary N) is 1. The number of hydrazone groups is 1. The first-order chi connectivity index (χ1) is 12.6. The van der Waals surface area contributed by atoms with Gasteiger partial charge >= 0.3 is 0 Å². The van der Waals surface area contributed by atoms with Gasteiger partial charge < -0.3 is 10.1 Å². The molecule has 0 saturated heterocycles. The fourth-order valence-electron chi connectivity index (χ4n) is 2.14. The maximum absolute atomic E-state index is 12.1. The first-order valence-electron chi connectivity index (χ1n) is 7.87. The monoisotopic (exact) mass is 388 g/mol. The van der Waals surface area contributed by atoms with Gasteiger partial charge in [0.15, 0.2) is 0 Å². The van der Waals surface area contributed by atoms with Gasteiger partial charge in [-0.25, -0.2) is 0 Å². The summed E-state index contributed by atoms with van der Waals surface area (Å²) < 4.78 is 5.77. The summed E-state index contributed by atoms with van der Waals surface area (Å²) in [5.41, 5.74) is 0.694. The van der Waals surface area contributed by atoms with Crippen molar-refractivity contribution in [2.24, 2.45) is 10.1 Å². The van der Waals surface area contributed by atoms with E-state index >= 15 is 0 Å². The van der Waals surface area contributed by atoms with Crippen LogP contribution in [-0.4, -0.2) is 41.3 Å². The zero-order valence-electron chi connectivity index (χ0n) is 14.1. The molecule has 0 unspecified atom stereocenters. The van der Waals surface area contributed by atoms with E-state index in [4.69, 9.17) is 16.3 Å². The summed E-state index contributed by atoms with van der Waals surface area (Å²) in [5.74, 6) is 1.30. The normalized spacial score (nSPS) is 13.7. The van der Waals surface area contributed by atoms with Gasteiger partial charge in [-0.1, -0.05) is 41.6 Å². The first-order valence-corrected chi connectivity index (χ1v) is 9.23. The summed E-state index contributed by atoms with van der Waals surface area (Å²) >= 11 is 7.08. The zero-order valence-corrected chi connectivity index (χ0v) is 15.6. The molecule has 0 saturated carbocycles. The molecule has 26 heavy (non-hydrogen) atoms. The molecule has 0 fully saturated rings. The van der Waals surface area contributed by atoms with E-state index in [2.05, 4.69) is 15.4 Å². The molecule has 0 aliphatic carbocycles. The van der Waals surface area contributed by atoms with Crippen molar-refractivity contribution < 1.29 is 9.53 Å². The van der Waals surface area contributed by atoms with Crippen molar-refractivity contribution in [2.75, 3.05) is 24.7 Å². The number of nitrogens with zero attached hydrogens (tertiary/aromatic N) is 3. The Hall–Kier alpha value is -2.51. The minimum absolute atomic E-state index is 0.144. The fraction of sp³-hybridized carbons (Fsp3) is 0.167. The summed E-state index contributed by atoms with van der Waals surface area (Å²) in [7, 11) is 1.83. The summed E-state index contributed by atoms with van der Waals surface area (Å²) in [5, 5.41) is 9.95. The smallest absolute Gasteiger partial charge is 0.234 e. The zero-order chi connectivity index (χ0) is 18.4. The highest BCUT2D eigenvalue weighted by Gasteiger charge is 2.16. The van der Waals surface area contributed by atoms with Crippen LogP contribution in [0.3, 0.4) is 0 Å². The quantitative estimate of drug-likeness (QED) is 0.867. The molecule has 1 aliphatic heterocycles. The average molecular weight is 389 g/mol. The molecule has 0 bridgehead atoms. The molecule has 6 nitrogen and oxygen atoms in total. The maximum atomic E-state index is 12.1. The third kappa shape index (κ3) is 5.50. The SMILES string of the molecule is CN1CC(Oc2ccccc2)=NC(SCC(=O)Nc2ccc(Cl)cc2)=N1. The van der Waals surface area contributed by atoms with Crippen LogP contribution in [0.2, 0.25) is 5.02 Å². The molecular weight excluding hydrogens is 372 g/mol. The Kier molecular flexibility index (Phi) is 6.14. The van der Waals surface area contributed by atoms with Gasteiger partial charge in [0, 0.05) is 17.8 Å². The minimum atomic E-state index is -0.144. The van der Waals surface area contributed by atoms with Crippen LogP contribution in [0.1, 0.15) is 0 Å². The molecule has 1 aliphatic rings. The van der Waals surface area contributed by atoms with Gasteiger partial charge in [-0.3, -0.25) is 9.80 Å². The highest BCUT2D eigenvalue weighted by Crippen LogP contribution is 2.17. The van der Waals surface area contributed by atoms with Crippen molar-refractivity contribution in [3.63, 3.8) is 0 Å². The summed E-state index contributed by atoms with van der Waals surface area (Å²) in [6, 6.07) is 16.4. The van der Waals surface area contributed by atoms with E-state index in [1.54, 1.807) is 29.3 Å². The van der Waals surface area contributed by atoms with E-state index in [0.717, 1.165) is 0 Å². The molecule has 1 heterocycles. The number of rotatable bonds is 4. The van der Waals surface area contributed by atoms with E-state index in [-0.39, 0.29) is 11.7 Å². The van der Waals surface area contributed by atoms with Crippen LogP contribution in [0.5, 0.6) is 5.75 Å². The van der Waals surface area contributed by atoms with Crippen molar-refractivity contribution in [1.82, 2.24) is 5.01 Å². The number of hydrogen-bond donors (Lipinski definition) is 1. The Balaban J connectivity index is 1.56. The summed E-state index contributed by atoms with van der Waals surface area (Å²) in [4.78, 5) is 16.5. The van der Waals surface area contributed by atoms with Crippen molar-refractivity contribution in [3.8, 4) is 5.75 Å². The first kappa shape index (κ1) is 18.3. The Morgan fingerprint density at radius 2 is 1.96 bits per heavy atom. The van der Waals surface area contributed by atoms with E-state index < -0.39 is 0 Å². The molecule has 3 rings (SSSR count). The van der Waals surface area contributed by atoms with Crippen LogP contribution in [-0.2, 0) is 4.79 Å². The second-order valence-electron chi connectivity index (χ2n) is 5.46. The third-order valence-corrected chi connectivity index (χ3v) is 4.37. The Labute approximate surface area is 160 Å². The van der Waals surface area contributed by atoms with E-state index in [1.165, 1.54) is 11.8 Å². The van der Waals surface area contributed by atoms with Gasteiger partial charge in [0.2, 0.25) is 17.0 Å². The van der Waals surface area contributed by atoms with Crippen LogP contribution < -0.4 is 10.1 Å². The maximum Gasteiger partial charge on any atom is 0.234 e. The molecule has 2 aromatic rings. The predicted octanol–water partition coefficient (Wildman–Crippen LogP) is 3.71. The second-order valence-corrected chi connectivity index (χ2v) is 6.84. The van der Waals surface area contributed by atoms with Crippen LogP contribution in [0.25, 0.3) is 0 Å². The van der Waals surface area contributed by atoms with Gasteiger partial charge in [-0.05, 0) is 36.4 Å². The Bertz CT molecular complexity index is 825. The number of carbonyl (C=O) groups excluding carboxylic acids is 1. The predicted molar refractivity (Wildman–Crippen MR) is 107 cm³/mol. The second kappa shape index (κ2) is 8.73. The van der Waals surface area contributed by atoms with Crippen LogP contribution in [0.4, 0.5) is 5.69 Å². The van der Waals surface area contributed by atoms with Gasteiger partial charge in [-0.2, -0.15) is 4.99 Å². The topological polar surface area (TPSA) is 66.3 Å². The fourth-order valence-corrected chi connectivity index (χ4v) is 2.96. The number of hydrogen-bond acceptors (Lipinski definition) is 6. The lowest BCUT2D eigenvalue weighted by molar-refractivity contribution is -0.113. The Morgan fingerprint density at radius 1 is 1.23 bits per heavy atom. The van der Waals surface area contributed by atoms with Gasteiger partial charge in [-0.15, -0.1) is 5.10 Å². The summed E-state index contributed by atoms with van der Waals surface area (Å²) in [6.45, 7) is 0.468. The number of amides is 1. The molecule has 134 valence electrons. The Morgan fingerprint density at radius 3 is 2.69 bits per heavy atom. The van der Waals surface area contributed by atoms with Gasteiger partial charge in [0.05, 0.1) is 5.75 Å². The minimum Gasteiger partial charge on any atom is -0.441 e. The van der Waals surface area contributed by atoms with Gasteiger partial charge in [0.1, 0.15) is 12.3 Å². The van der Waals surface area contributed by atoms with Crippen LogP contribution >= 0.6 is 23.4 Å². The number of anilines is 1. The lowest BCUT2D eigenvalue weighted by Gasteiger charge is -2.20. The molecule has 0 atom stereocenters. The largest absolute Gasteiger partial charge is 0.441 e. The number of thioether (sulfide) groups is 1. The highest BCUT2D eigenvalue weighted by molar-refractivity contribution is 8.14. The highest BCUT2D eigenvalue weighted by atomic mass is 35.5. The lowest BCUT2D eigenvalue weighted by atomic mass is 10.3. The van der Waals surface area contributed by atoms with Crippen molar-refractivity contribution in [3.05, 3.63) is 59.6 Å². The number of carbonyl (C=O) groups is 1. The number of benzene rings is 2. The third-order valence-electron chi connectivity index (χ3n) is 3.28. The molecule has 8 heteroatoms. The van der Waals surface area contributed by atoms with Gasteiger partial charge in [0.25, 0.3) is 0 Å². The van der Waals surface area contributed by atoms with Crippen molar-refractivity contribution in [1.29, 1.82) is 0 Å². The number of halogens is 1. The lowest BCUT2D eigenvalue weighted by Crippen LogP contribution is -2.31. The van der Waals surface area contributed by atoms with E-state index in [9.17, 15) is 4.79 Å². The van der Waals surface area contributed by atoms with Crippen LogP contribution in [0, 0.1) is 0 Å². The van der Waals surface area contributed by atoms with Crippen molar-refractivity contribution >= 4 is 46.0 Å². The number of para-hydroxylation sites is 1. The van der Waals surface area contributed by atoms with Crippen molar-refractivity contribution in [2.45, 2.75) is 0 Å². The molecule has 2 aromatic carbocycles. The number of likely N-dealkylation sites (N-methyl/N-ethyl adjacent to an activating group) is 1. The molecule has 0 aromatic heterocycles. The van der Waals surface area contributed by atoms with Crippen LogP contribution in [0.15, 0.2) is 64.7 Å². The molecular formula is C18H17ClN4O2S. The van der Waals surface area contributed by atoms with E-state index in [0.29, 0.717) is 34.1 Å². The molecule has 1 N–H and O–H groups in total. The number of aliphatic imine (C=N–C) groups is 1. The summed E-state index contributed by atoms with van der Waals surface area (Å²) in [6.07, 6.45) is 0. The molecule has 0 spiro atoms. The van der Waals surface area contributed by atoms with E-state index in [1.807, 2.05) is 37.4 Å². The number of amidine groups is 1. The molecule has 0 radical (unpaired) electrons. The standard InChI is InChI=1S/C18H17ClN4O2S/c1-23-11-17(25-15-5-3-2-4-6-15)21-18(22-23)26-12-16(24)20-14-9-7-13(19)8-10-14/h2-10H,11-12H2,1H3,(H,20,24).